The topological polar surface area (TPSA) is 96.3 Å². The minimum atomic E-state index is -0.897. The molecule has 2 saturated heterocycles. The summed E-state index contributed by atoms with van der Waals surface area (Å²) in [6, 6.07) is 19.4. The summed E-state index contributed by atoms with van der Waals surface area (Å²) in [5.74, 6) is -1.05. The molecule has 0 saturated carbocycles. The molecule has 8 nitrogen and oxygen atoms in total. The average Bonchev–Trinajstić information content (AvgIpc) is 3.52. The molecule has 0 spiro atoms. The molecule has 2 N–H and O–H groups in total. The third-order valence-electron chi connectivity index (χ3n) is 7.78. The summed E-state index contributed by atoms with van der Waals surface area (Å²) in [5.41, 5.74) is 3.09. The van der Waals surface area contributed by atoms with E-state index in [4.69, 9.17) is 28.3 Å². The van der Waals surface area contributed by atoms with Crippen LogP contribution in [0.1, 0.15) is 40.4 Å². The van der Waals surface area contributed by atoms with Crippen molar-refractivity contribution >= 4 is 41.0 Å². The van der Waals surface area contributed by atoms with Crippen molar-refractivity contribution in [1.29, 1.82) is 0 Å². The van der Waals surface area contributed by atoms with Crippen LogP contribution in [0.3, 0.4) is 0 Å². The van der Waals surface area contributed by atoms with Gasteiger partial charge in [-0.25, -0.2) is 13.9 Å². The Labute approximate surface area is 251 Å². The summed E-state index contributed by atoms with van der Waals surface area (Å²) >= 11 is 12.8. The minimum Gasteiger partial charge on any atom is -0.337 e. The van der Waals surface area contributed by atoms with Gasteiger partial charge >= 0.3 is 6.03 Å². The van der Waals surface area contributed by atoms with E-state index in [2.05, 4.69) is 10.6 Å². The standard InChI is InChI=1S/C31H26Cl2FN5O3/c32-20-11-9-19(10-12-20)28-22(17-25-29(40)36-31(42)35-25)27(37-39(28)26-8-4-2-6-23(26)33)30(41)38-15-13-18(14-16-38)21-5-1-3-7-24(21)34/h1-12,18,25H,13-17H2,(H2,35,36,40,42). The molecule has 0 aliphatic carbocycles. The number of benzene rings is 3. The Bertz CT molecular complexity index is 1680. The van der Waals surface area contributed by atoms with Crippen molar-refractivity contribution in [2.45, 2.75) is 31.2 Å². The molecule has 6 rings (SSSR count). The van der Waals surface area contributed by atoms with Crippen LogP contribution in [0.2, 0.25) is 10.0 Å². The molecule has 4 amide bonds. The summed E-state index contributed by atoms with van der Waals surface area (Å²) in [7, 11) is 0. The van der Waals surface area contributed by atoms with E-state index in [1.54, 1.807) is 64.2 Å². The first kappa shape index (κ1) is 27.9. The van der Waals surface area contributed by atoms with E-state index >= 15 is 0 Å². The number of imide groups is 1. The first-order valence-corrected chi connectivity index (χ1v) is 14.3. The van der Waals surface area contributed by atoms with Crippen LogP contribution in [0.5, 0.6) is 0 Å². The number of nitrogens with one attached hydrogen (secondary N) is 2. The number of halogens is 3. The number of urea groups is 1. The molecule has 11 heteroatoms. The van der Waals surface area contributed by atoms with Crippen LogP contribution >= 0.6 is 23.2 Å². The van der Waals surface area contributed by atoms with Gasteiger partial charge in [0.2, 0.25) is 0 Å². The van der Waals surface area contributed by atoms with Crippen molar-refractivity contribution in [2.24, 2.45) is 0 Å². The van der Waals surface area contributed by atoms with Crippen molar-refractivity contribution < 1.29 is 18.8 Å². The summed E-state index contributed by atoms with van der Waals surface area (Å²) in [4.78, 5) is 40.4. The molecular formula is C31H26Cl2FN5O3. The smallest absolute Gasteiger partial charge is 0.322 e. The molecule has 2 fully saturated rings. The van der Waals surface area contributed by atoms with Crippen LogP contribution < -0.4 is 10.6 Å². The van der Waals surface area contributed by atoms with E-state index < -0.39 is 18.0 Å². The highest BCUT2D eigenvalue weighted by atomic mass is 35.5. The molecule has 42 heavy (non-hydrogen) atoms. The third-order valence-corrected chi connectivity index (χ3v) is 8.35. The molecule has 2 aliphatic rings. The van der Waals surface area contributed by atoms with Gasteiger partial charge in [0.05, 0.1) is 16.4 Å². The van der Waals surface area contributed by atoms with Gasteiger partial charge in [-0.15, -0.1) is 0 Å². The van der Waals surface area contributed by atoms with Gasteiger partial charge in [0.25, 0.3) is 11.8 Å². The van der Waals surface area contributed by atoms with Gasteiger partial charge in [0.15, 0.2) is 5.69 Å². The number of rotatable bonds is 6. The summed E-state index contributed by atoms with van der Waals surface area (Å²) in [5, 5.41) is 10.6. The highest BCUT2D eigenvalue weighted by molar-refractivity contribution is 6.32. The molecule has 4 aromatic rings. The second-order valence-corrected chi connectivity index (χ2v) is 11.2. The molecule has 3 heterocycles. The number of nitrogens with zero attached hydrogens (tertiary/aromatic N) is 3. The fourth-order valence-electron chi connectivity index (χ4n) is 5.67. The van der Waals surface area contributed by atoms with Crippen LogP contribution in [0.25, 0.3) is 16.9 Å². The Morgan fingerprint density at radius 1 is 0.952 bits per heavy atom. The minimum absolute atomic E-state index is 0.00238. The lowest BCUT2D eigenvalue weighted by atomic mass is 9.89. The van der Waals surface area contributed by atoms with Gasteiger partial charge in [0.1, 0.15) is 11.9 Å². The molecule has 1 unspecified atom stereocenters. The number of para-hydroxylation sites is 1. The fourth-order valence-corrected chi connectivity index (χ4v) is 6.02. The second kappa shape index (κ2) is 11.6. The van der Waals surface area contributed by atoms with Gasteiger partial charge in [-0.1, -0.05) is 65.7 Å². The van der Waals surface area contributed by atoms with Crippen molar-refractivity contribution in [3.63, 3.8) is 0 Å². The number of hydrogen-bond donors (Lipinski definition) is 2. The van der Waals surface area contributed by atoms with E-state index in [0.717, 1.165) is 0 Å². The maximum Gasteiger partial charge on any atom is 0.322 e. The number of amides is 4. The Hall–Kier alpha value is -4.21. The van der Waals surface area contributed by atoms with Crippen LogP contribution in [0, 0.1) is 5.82 Å². The maximum atomic E-state index is 14.5. The van der Waals surface area contributed by atoms with Crippen molar-refractivity contribution in [1.82, 2.24) is 25.3 Å². The Kier molecular flexibility index (Phi) is 7.70. The molecule has 3 aromatic carbocycles. The number of carbonyl (C=O) groups is 3. The molecule has 1 atom stereocenters. The van der Waals surface area contributed by atoms with Crippen molar-refractivity contribution in [3.8, 4) is 16.9 Å². The van der Waals surface area contributed by atoms with E-state index in [9.17, 15) is 18.8 Å². The largest absolute Gasteiger partial charge is 0.337 e. The highest BCUT2D eigenvalue weighted by Crippen LogP contribution is 2.35. The number of carbonyl (C=O) groups excluding carboxylic acids is 3. The van der Waals surface area contributed by atoms with E-state index in [1.807, 2.05) is 12.1 Å². The Morgan fingerprint density at radius 2 is 1.64 bits per heavy atom. The summed E-state index contributed by atoms with van der Waals surface area (Å²) in [6.07, 6.45) is 1.21. The van der Waals surface area contributed by atoms with Crippen molar-refractivity contribution in [3.05, 3.63) is 105 Å². The first-order chi connectivity index (χ1) is 20.3. The van der Waals surface area contributed by atoms with Crippen LogP contribution in [0.4, 0.5) is 9.18 Å². The SMILES string of the molecule is O=C1NC(=O)C(Cc2c(C(=O)N3CCC(c4ccccc4F)CC3)nn(-c3ccccc3Cl)c2-c2ccc(Cl)cc2)N1. The summed E-state index contributed by atoms with van der Waals surface area (Å²) < 4.78 is 16.1. The van der Waals surface area contributed by atoms with Gasteiger partial charge in [-0.3, -0.25) is 14.9 Å². The van der Waals surface area contributed by atoms with Crippen LogP contribution in [0.15, 0.2) is 72.8 Å². The predicted molar refractivity (Wildman–Crippen MR) is 157 cm³/mol. The number of piperidine rings is 1. The zero-order valence-electron chi connectivity index (χ0n) is 22.3. The predicted octanol–water partition coefficient (Wildman–Crippen LogP) is 5.76. The molecule has 214 valence electrons. The molecule has 2 aliphatic heterocycles. The van der Waals surface area contributed by atoms with Gasteiger partial charge < -0.3 is 10.2 Å². The molecular weight excluding hydrogens is 580 g/mol. The zero-order chi connectivity index (χ0) is 29.4. The van der Waals surface area contributed by atoms with Gasteiger partial charge in [-0.2, -0.15) is 5.10 Å². The highest BCUT2D eigenvalue weighted by Gasteiger charge is 2.36. The first-order valence-electron chi connectivity index (χ1n) is 13.6. The number of hydrogen-bond acceptors (Lipinski definition) is 4. The number of likely N-dealkylation sites (tertiary alicyclic amines) is 1. The maximum absolute atomic E-state index is 14.5. The fraction of sp³-hybridized carbons (Fsp3) is 0.226. The molecule has 0 radical (unpaired) electrons. The van der Waals surface area contributed by atoms with E-state index in [0.29, 0.717) is 64.0 Å². The normalized spacial score (nSPS) is 17.3. The van der Waals surface area contributed by atoms with Gasteiger partial charge in [-0.05, 0) is 54.7 Å². The lowest BCUT2D eigenvalue weighted by Gasteiger charge is -2.32. The van der Waals surface area contributed by atoms with Crippen LogP contribution in [-0.2, 0) is 11.2 Å². The van der Waals surface area contributed by atoms with Gasteiger partial charge in [0, 0.05) is 35.7 Å². The summed E-state index contributed by atoms with van der Waals surface area (Å²) in [6.45, 7) is 0.820. The van der Waals surface area contributed by atoms with E-state index in [1.165, 1.54) is 6.07 Å². The number of aromatic nitrogens is 2. The van der Waals surface area contributed by atoms with E-state index in [-0.39, 0.29) is 29.8 Å². The van der Waals surface area contributed by atoms with Crippen molar-refractivity contribution in [2.75, 3.05) is 13.1 Å². The molecule has 0 bridgehead atoms. The Balaban J connectivity index is 1.43. The lowest BCUT2D eigenvalue weighted by Crippen LogP contribution is -2.39. The lowest BCUT2D eigenvalue weighted by molar-refractivity contribution is -0.120. The molecule has 1 aromatic heterocycles. The monoisotopic (exact) mass is 605 g/mol. The quantitative estimate of drug-likeness (QED) is 0.273. The second-order valence-electron chi connectivity index (χ2n) is 10.4. The average molecular weight is 606 g/mol. The zero-order valence-corrected chi connectivity index (χ0v) is 23.8. The third kappa shape index (κ3) is 5.37. The van der Waals surface area contributed by atoms with Crippen LogP contribution in [-0.4, -0.2) is 51.7 Å². The Morgan fingerprint density at radius 3 is 2.31 bits per heavy atom.